The molecule has 1 heterocycles. The van der Waals surface area contributed by atoms with Gasteiger partial charge in [-0.1, -0.05) is 0 Å². The Morgan fingerprint density at radius 2 is 1.75 bits per heavy atom. The summed E-state index contributed by atoms with van der Waals surface area (Å²) in [5, 5.41) is 0.596. The van der Waals surface area contributed by atoms with E-state index in [1.54, 1.807) is 14.2 Å². The lowest BCUT2D eigenvalue weighted by Crippen LogP contribution is -2.15. The van der Waals surface area contributed by atoms with Gasteiger partial charge in [0.1, 0.15) is 5.82 Å². The predicted octanol–water partition coefficient (Wildman–Crippen LogP) is 2.10. The van der Waals surface area contributed by atoms with Gasteiger partial charge in [0.15, 0.2) is 0 Å². The molecular formula is C18H27N3O3. The highest BCUT2D eigenvalue weighted by molar-refractivity contribution is 5.79. The molecule has 2 aromatic rings. The van der Waals surface area contributed by atoms with Crippen molar-refractivity contribution in [3.63, 3.8) is 0 Å². The van der Waals surface area contributed by atoms with Crippen LogP contribution in [0.5, 0.6) is 0 Å². The van der Waals surface area contributed by atoms with Crippen LogP contribution in [0.15, 0.2) is 16.9 Å². The van der Waals surface area contributed by atoms with Gasteiger partial charge in [-0.3, -0.25) is 4.79 Å². The molecule has 0 aliphatic heterocycles. The molecule has 132 valence electrons. The number of ether oxygens (including phenoxy) is 2. The number of unbranched alkanes of at least 4 members (excludes halogenated alkanes) is 1. The summed E-state index contributed by atoms with van der Waals surface area (Å²) < 4.78 is 10.5. The van der Waals surface area contributed by atoms with E-state index in [0.29, 0.717) is 24.1 Å². The summed E-state index contributed by atoms with van der Waals surface area (Å²) in [5.74, 6) is 0.745. The summed E-state index contributed by atoms with van der Waals surface area (Å²) in [6.07, 6.45) is 2.86. The van der Waals surface area contributed by atoms with Crippen molar-refractivity contribution in [2.75, 3.05) is 34.9 Å². The minimum Gasteiger partial charge on any atom is -0.380 e. The van der Waals surface area contributed by atoms with Gasteiger partial charge in [0.2, 0.25) is 0 Å². The summed E-state index contributed by atoms with van der Waals surface area (Å²) in [4.78, 5) is 22.1. The molecule has 0 unspecified atom stereocenters. The standard InChI is InChI=1S/C18H27N3O3/c1-21(2)8-6-5-7-17-19-16-10-14(12-24-4)13(11-23-3)9-15(16)18(22)20-17/h9-10H,5-8,11-12H2,1-4H3,(H,19,20,22). The molecule has 0 saturated heterocycles. The van der Waals surface area contributed by atoms with E-state index in [1.165, 1.54) is 0 Å². The van der Waals surface area contributed by atoms with Crippen molar-refractivity contribution < 1.29 is 9.47 Å². The molecule has 0 atom stereocenters. The summed E-state index contributed by atoms with van der Waals surface area (Å²) in [7, 11) is 7.42. The Bertz CT molecular complexity index is 725. The fourth-order valence-corrected chi connectivity index (χ4v) is 2.74. The largest absolute Gasteiger partial charge is 0.380 e. The Balaban J connectivity index is 2.28. The second-order valence-corrected chi connectivity index (χ2v) is 6.28. The average Bonchev–Trinajstić information content (AvgIpc) is 2.53. The number of aromatic amines is 1. The van der Waals surface area contributed by atoms with E-state index in [2.05, 4.69) is 29.0 Å². The third-order valence-electron chi connectivity index (χ3n) is 3.94. The van der Waals surface area contributed by atoms with Crippen LogP contribution < -0.4 is 5.56 Å². The van der Waals surface area contributed by atoms with E-state index in [-0.39, 0.29) is 5.56 Å². The van der Waals surface area contributed by atoms with Gasteiger partial charge in [0, 0.05) is 20.6 Å². The number of benzene rings is 1. The number of rotatable bonds is 9. The third-order valence-corrected chi connectivity index (χ3v) is 3.94. The number of fused-ring (bicyclic) bond motifs is 1. The fourth-order valence-electron chi connectivity index (χ4n) is 2.74. The summed E-state index contributed by atoms with van der Waals surface area (Å²) in [6, 6.07) is 3.79. The van der Waals surface area contributed by atoms with Crippen LogP contribution in [0.1, 0.15) is 29.8 Å². The number of nitrogens with zero attached hydrogens (tertiary/aromatic N) is 2. The molecule has 6 nitrogen and oxygen atoms in total. The maximum atomic E-state index is 12.4. The number of hydrogen-bond acceptors (Lipinski definition) is 5. The van der Waals surface area contributed by atoms with E-state index in [0.717, 1.165) is 42.8 Å². The van der Waals surface area contributed by atoms with Crippen LogP contribution in [0.2, 0.25) is 0 Å². The van der Waals surface area contributed by atoms with Crippen LogP contribution in [-0.2, 0) is 29.1 Å². The molecule has 24 heavy (non-hydrogen) atoms. The lowest BCUT2D eigenvalue weighted by Gasteiger charge is -2.11. The van der Waals surface area contributed by atoms with Crippen molar-refractivity contribution >= 4 is 10.9 Å². The van der Waals surface area contributed by atoms with Crippen molar-refractivity contribution in [3.8, 4) is 0 Å². The van der Waals surface area contributed by atoms with Crippen LogP contribution in [0, 0.1) is 0 Å². The number of H-pyrrole nitrogens is 1. The number of nitrogens with one attached hydrogen (secondary N) is 1. The lowest BCUT2D eigenvalue weighted by molar-refractivity contribution is 0.168. The third kappa shape index (κ3) is 4.87. The van der Waals surface area contributed by atoms with Crippen LogP contribution in [0.4, 0.5) is 0 Å². The first-order chi connectivity index (χ1) is 11.5. The van der Waals surface area contributed by atoms with E-state index < -0.39 is 0 Å². The molecule has 0 radical (unpaired) electrons. The second-order valence-electron chi connectivity index (χ2n) is 6.28. The topological polar surface area (TPSA) is 67.5 Å². The fraction of sp³-hybridized carbons (Fsp3) is 0.556. The molecule has 1 N–H and O–H groups in total. The van der Waals surface area contributed by atoms with Gasteiger partial charge in [0.25, 0.3) is 5.56 Å². The predicted molar refractivity (Wildman–Crippen MR) is 95.3 cm³/mol. The molecular weight excluding hydrogens is 306 g/mol. The molecule has 6 heteroatoms. The Labute approximate surface area is 142 Å². The van der Waals surface area contributed by atoms with E-state index in [4.69, 9.17) is 9.47 Å². The Hall–Kier alpha value is -1.76. The SMILES string of the molecule is COCc1cc2nc(CCCCN(C)C)[nH]c(=O)c2cc1COC. The van der Waals surface area contributed by atoms with Gasteiger partial charge in [-0.2, -0.15) is 0 Å². The Morgan fingerprint density at radius 1 is 1.08 bits per heavy atom. The van der Waals surface area contributed by atoms with Crippen molar-refractivity contribution in [2.24, 2.45) is 0 Å². The van der Waals surface area contributed by atoms with Gasteiger partial charge in [-0.05, 0) is 56.7 Å². The average molecular weight is 333 g/mol. The van der Waals surface area contributed by atoms with Gasteiger partial charge >= 0.3 is 0 Å². The van der Waals surface area contributed by atoms with Gasteiger partial charge in [-0.15, -0.1) is 0 Å². The lowest BCUT2D eigenvalue weighted by atomic mass is 10.1. The van der Waals surface area contributed by atoms with Crippen LogP contribution in [-0.4, -0.2) is 49.7 Å². The van der Waals surface area contributed by atoms with Gasteiger partial charge in [-0.25, -0.2) is 4.98 Å². The molecule has 0 aliphatic carbocycles. The molecule has 0 fully saturated rings. The molecule has 1 aromatic carbocycles. The first kappa shape index (κ1) is 18.6. The number of aromatic nitrogens is 2. The van der Waals surface area contributed by atoms with Gasteiger partial charge < -0.3 is 19.4 Å². The molecule has 0 aliphatic rings. The minimum absolute atomic E-state index is 0.0936. The molecule has 2 rings (SSSR count). The maximum absolute atomic E-state index is 12.4. The molecule has 1 aromatic heterocycles. The maximum Gasteiger partial charge on any atom is 0.258 e. The van der Waals surface area contributed by atoms with Crippen molar-refractivity contribution in [1.82, 2.24) is 14.9 Å². The van der Waals surface area contributed by atoms with E-state index in [1.807, 2.05) is 12.1 Å². The molecule has 0 spiro atoms. The van der Waals surface area contributed by atoms with Crippen LogP contribution in [0.3, 0.4) is 0 Å². The number of methoxy groups -OCH3 is 2. The second kappa shape index (κ2) is 8.92. The quantitative estimate of drug-likeness (QED) is 0.712. The van der Waals surface area contributed by atoms with Crippen molar-refractivity contribution in [2.45, 2.75) is 32.5 Å². The molecule has 0 amide bonds. The Morgan fingerprint density at radius 3 is 2.38 bits per heavy atom. The summed E-state index contributed by atoms with van der Waals surface area (Å²) >= 11 is 0. The first-order valence-corrected chi connectivity index (χ1v) is 8.22. The smallest absolute Gasteiger partial charge is 0.258 e. The normalized spacial score (nSPS) is 11.5. The number of aryl methyl sites for hydroxylation is 1. The highest BCUT2D eigenvalue weighted by atomic mass is 16.5. The highest BCUT2D eigenvalue weighted by Crippen LogP contribution is 2.18. The van der Waals surface area contributed by atoms with Gasteiger partial charge in [0.05, 0.1) is 24.1 Å². The Kier molecular flexibility index (Phi) is 6.90. The summed E-state index contributed by atoms with van der Waals surface area (Å²) in [6.45, 7) is 1.96. The highest BCUT2D eigenvalue weighted by Gasteiger charge is 2.10. The first-order valence-electron chi connectivity index (χ1n) is 8.22. The van der Waals surface area contributed by atoms with Crippen molar-refractivity contribution in [1.29, 1.82) is 0 Å². The zero-order valence-electron chi connectivity index (χ0n) is 15.0. The zero-order valence-corrected chi connectivity index (χ0v) is 15.0. The molecule has 0 bridgehead atoms. The van der Waals surface area contributed by atoms with Crippen molar-refractivity contribution in [3.05, 3.63) is 39.4 Å². The monoisotopic (exact) mass is 333 g/mol. The summed E-state index contributed by atoms with van der Waals surface area (Å²) in [5.41, 5.74) is 2.58. The zero-order chi connectivity index (χ0) is 17.5. The van der Waals surface area contributed by atoms with E-state index in [9.17, 15) is 4.79 Å². The van der Waals surface area contributed by atoms with Crippen LogP contribution in [0.25, 0.3) is 10.9 Å². The van der Waals surface area contributed by atoms with Crippen LogP contribution >= 0.6 is 0 Å². The minimum atomic E-state index is -0.0936. The number of hydrogen-bond donors (Lipinski definition) is 1. The van der Waals surface area contributed by atoms with E-state index >= 15 is 0 Å². The molecule has 0 saturated carbocycles.